The SMILES string of the molecule is CCC(CC)(Cc1nc2cccc(C)c2o1)C(=O)O. The summed E-state index contributed by atoms with van der Waals surface area (Å²) in [5, 5.41) is 9.45. The standard InChI is InChI=1S/C15H19NO3/c1-4-15(5-2,14(17)18)9-12-16-11-8-6-7-10(3)13(11)19-12/h6-8H,4-5,9H2,1-3H3,(H,17,18). The number of rotatable bonds is 5. The zero-order valence-electron chi connectivity index (χ0n) is 11.6. The van der Waals surface area contributed by atoms with Crippen molar-refractivity contribution in [3.63, 3.8) is 0 Å². The minimum absolute atomic E-state index is 0.337. The summed E-state index contributed by atoms with van der Waals surface area (Å²) in [7, 11) is 0. The van der Waals surface area contributed by atoms with Crippen LogP contribution in [-0.2, 0) is 11.2 Å². The largest absolute Gasteiger partial charge is 0.481 e. The highest BCUT2D eigenvalue weighted by atomic mass is 16.4. The van der Waals surface area contributed by atoms with E-state index in [9.17, 15) is 9.90 Å². The monoisotopic (exact) mass is 261 g/mol. The first-order chi connectivity index (χ1) is 9.02. The first kappa shape index (κ1) is 13.6. The third kappa shape index (κ3) is 2.35. The topological polar surface area (TPSA) is 63.3 Å². The van der Waals surface area contributed by atoms with Gasteiger partial charge in [0, 0.05) is 6.42 Å². The quantitative estimate of drug-likeness (QED) is 0.893. The van der Waals surface area contributed by atoms with E-state index in [0.29, 0.717) is 25.2 Å². The van der Waals surface area contributed by atoms with Crippen LogP contribution in [0.25, 0.3) is 11.1 Å². The zero-order valence-corrected chi connectivity index (χ0v) is 11.6. The van der Waals surface area contributed by atoms with Gasteiger partial charge in [-0.15, -0.1) is 0 Å². The number of carbonyl (C=O) groups is 1. The van der Waals surface area contributed by atoms with E-state index in [0.717, 1.165) is 16.7 Å². The Morgan fingerprint density at radius 1 is 1.37 bits per heavy atom. The lowest BCUT2D eigenvalue weighted by Gasteiger charge is -2.24. The van der Waals surface area contributed by atoms with Gasteiger partial charge in [0.15, 0.2) is 11.5 Å². The number of nitrogens with zero attached hydrogens (tertiary/aromatic N) is 1. The Morgan fingerprint density at radius 2 is 2.05 bits per heavy atom. The maximum absolute atomic E-state index is 11.5. The molecule has 0 saturated heterocycles. The van der Waals surface area contributed by atoms with Gasteiger partial charge in [-0.2, -0.15) is 0 Å². The predicted molar refractivity (Wildman–Crippen MR) is 73.1 cm³/mol. The van der Waals surface area contributed by atoms with Crippen LogP contribution in [0.15, 0.2) is 22.6 Å². The molecule has 0 radical (unpaired) electrons. The Kier molecular flexibility index (Phi) is 3.60. The van der Waals surface area contributed by atoms with Gasteiger partial charge < -0.3 is 9.52 Å². The van der Waals surface area contributed by atoms with Crippen molar-refractivity contribution in [1.29, 1.82) is 0 Å². The molecular formula is C15H19NO3. The molecule has 0 saturated carbocycles. The summed E-state index contributed by atoms with van der Waals surface area (Å²) in [5.74, 6) is -0.271. The Labute approximate surface area is 112 Å². The fourth-order valence-corrected chi connectivity index (χ4v) is 2.38. The van der Waals surface area contributed by atoms with E-state index in [4.69, 9.17) is 4.42 Å². The Balaban J connectivity index is 2.40. The number of para-hydroxylation sites is 1. The Bertz CT molecular complexity index is 596. The van der Waals surface area contributed by atoms with Crippen LogP contribution in [0.1, 0.15) is 38.1 Å². The van der Waals surface area contributed by atoms with Crippen LogP contribution < -0.4 is 0 Å². The number of fused-ring (bicyclic) bond motifs is 1. The lowest BCUT2D eigenvalue weighted by Crippen LogP contribution is -2.32. The van der Waals surface area contributed by atoms with Crippen LogP contribution in [0.5, 0.6) is 0 Å². The summed E-state index contributed by atoms with van der Waals surface area (Å²) < 4.78 is 5.73. The molecule has 2 aromatic rings. The highest BCUT2D eigenvalue weighted by molar-refractivity contribution is 5.77. The van der Waals surface area contributed by atoms with Gasteiger partial charge in [-0.05, 0) is 31.4 Å². The molecule has 1 N–H and O–H groups in total. The number of carboxylic acid groups (broad SMARTS) is 1. The van der Waals surface area contributed by atoms with Crippen LogP contribution >= 0.6 is 0 Å². The molecule has 1 aromatic heterocycles. The van der Waals surface area contributed by atoms with Gasteiger partial charge in [-0.25, -0.2) is 4.98 Å². The van der Waals surface area contributed by atoms with Crippen molar-refractivity contribution in [3.05, 3.63) is 29.7 Å². The van der Waals surface area contributed by atoms with E-state index in [-0.39, 0.29) is 0 Å². The molecule has 0 amide bonds. The average Bonchev–Trinajstić information content (AvgIpc) is 2.79. The van der Waals surface area contributed by atoms with Gasteiger partial charge in [-0.3, -0.25) is 4.79 Å². The molecule has 2 rings (SSSR count). The number of benzene rings is 1. The lowest BCUT2D eigenvalue weighted by molar-refractivity contribution is -0.149. The van der Waals surface area contributed by atoms with Crippen molar-refractivity contribution in [3.8, 4) is 0 Å². The van der Waals surface area contributed by atoms with Crippen LogP contribution in [0, 0.1) is 12.3 Å². The summed E-state index contributed by atoms with van der Waals surface area (Å²) in [5.41, 5.74) is 1.78. The lowest BCUT2D eigenvalue weighted by atomic mass is 9.79. The second-order valence-electron chi connectivity index (χ2n) is 5.00. The third-order valence-corrected chi connectivity index (χ3v) is 3.95. The van der Waals surface area contributed by atoms with Crippen LogP contribution in [0.2, 0.25) is 0 Å². The number of aryl methyl sites for hydroxylation is 1. The van der Waals surface area contributed by atoms with E-state index in [1.807, 2.05) is 39.0 Å². The maximum atomic E-state index is 11.5. The molecule has 0 fully saturated rings. The number of carboxylic acids is 1. The normalized spacial score (nSPS) is 11.9. The average molecular weight is 261 g/mol. The molecule has 0 unspecified atom stereocenters. The van der Waals surface area contributed by atoms with Crippen molar-refractivity contribution in [1.82, 2.24) is 4.98 Å². The number of hydrogen-bond donors (Lipinski definition) is 1. The van der Waals surface area contributed by atoms with E-state index < -0.39 is 11.4 Å². The minimum atomic E-state index is -0.783. The van der Waals surface area contributed by atoms with Gasteiger partial charge >= 0.3 is 5.97 Å². The summed E-state index contributed by atoms with van der Waals surface area (Å²) in [4.78, 5) is 15.9. The van der Waals surface area contributed by atoms with E-state index in [1.54, 1.807) is 0 Å². The van der Waals surface area contributed by atoms with Crippen LogP contribution in [0.4, 0.5) is 0 Å². The molecule has 4 heteroatoms. The molecular weight excluding hydrogens is 242 g/mol. The number of aliphatic carboxylic acids is 1. The minimum Gasteiger partial charge on any atom is -0.481 e. The van der Waals surface area contributed by atoms with E-state index >= 15 is 0 Å². The highest BCUT2D eigenvalue weighted by Crippen LogP contribution is 2.32. The fourth-order valence-electron chi connectivity index (χ4n) is 2.38. The summed E-state index contributed by atoms with van der Waals surface area (Å²) >= 11 is 0. The van der Waals surface area contributed by atoms with E-state index in [2.05, 4.69) is 4.98 Å². The first-order valence-electron chi connectivity index (χ1n) is 6.61. The molecule has 0 atom stereocenters. The van der Waals surface area contributed by atoms with Crippen LogP contribution in [0.3, 0.4) is 0 Å². The number of aromatic nitrogens is 1. The molecule has 0 aliphatic rings. The van der Waals surface area contributed by atoms with Crippen molar-refractivity contribution < 1.29 is 14.3 Å². The van der Waals surface area contributed by atoms with Crippen molar-refractivity contribution >= 4 is 17.1 Å². The van der Waals surface area contributed by atoms with Gasteiger partial charge in [0.05, 0.1) is 5.41 Å². The van der Waals surface area contributed by atoms with Gasteiger partial charge in [0.25, 0.3) is 0 Å². The molecule has 0 bridgehead atoms. The van der Waals surface area contributed by atoms with Crippen molar-refractivity contribution in [2.75, 3.05) is 0 Å². The first-order valence-corrected chi connectivity index (χ1v) is 6.61. The van der Waals surface area contributed by atoms with Gasteiger partial charge in [-0.1, -0.05) is 26.0 Å². The smallest absolute Gasteiger partial charge is 0.310 e. The highest BCUT2D eigenvalue weighted by Gasteiger charge is 2.36. The van der Waals surface area contributed by atoms with Crippen LogP contribution in [-0.4, -0.2) is 16.1 Å². The summed E-state index contributed by atoms with van der Waals surface area (Å²) in [6.45, 7) is 5.75. The summed E-state index contributed by atoms with van der Waals surface area (Å²) in [6.07, 6.45) is 1.47. The summed E-state index contributed by atoms with van der Waals surface area (Å²) in [6, 6.07) is 5.77. The molecule has 0 aliphatic heterocycles. The molecule has 1 heterocycles. The maximum Gasteiger partial charge on any atom is 0.310 e. The zero-order chi connectivity index (χ0) is 14.0. The molecule has 0 aliphatic carbocycles. The third-order valence-electron chi connectivity index (χ3n) is 3.95. The predicted octanol–water partition coefficient (Wildman–Crippen LogP) is 3.57. The van der Waals surface area contributed by atoms with Gasteiger partial charge in [0.2, 0.25) is 0 Å². The van der Waals surface area contributed by atoms with Crippen molar-refractivity contribution in [2.45, 2.75) is 40.0 Å². The molecule has 0 spiro atoms. The second kappa shape index (κ2) is 5.03. The molecule has 4 nitrogen and oxygen atoms in total. The molecule has 102 valence electrons. The molecule has 19 heavy (non-hydrogen) atoms. The second-order valence-corrected chi connectivity index (χ2v) is 5.00. The fraction of sp³-hybridized carbons (Fsp3) is 0.467. The Morgan fingerprint density at radius 3 is 2.58 bits per heavy atom. The van der Waals surface area contributed by atoms with Crippen molar-refractivity contribution in [2.24, 2.45) is 5.41 Å². The molecule has 1 aromatic carbocycles. The number of oxazole rings is 1. The van der Waals surface area contributed by atoms with Gasteiger partial charge in [0.1, 0.15) is 5.52 Å². The Hall–Kier alpha value is -1.84. The number of hydrogen-bond acceptors (Lipinski definition) is 3. The van der Waals surface area contributed by atoms with E-state index in [1.165, 1.54) is 0 Å².